The van der Waals surface area contributed by atoms with Gasteiger partial charge in [0.05, 0.1) is 5.69 Å². The third kappa shape index (κ3) is 4.48. The van der Waals surface area contributed by atoms with Crippen LogP contribution in [0.1, 0.15) is 10.4 Å². The smallest absolute Gasteiger partial charge is 0.339 e. The Labute approximate surface area is 160 Å². The van der Waals surface area contributed by atoms with Gasteiger partial charge in [0.1, 0.15) is 16.3 Å². The van der Waals surface area contributed by atoms with Crippen LogP contribution in [0.4, 0.5) is 11.5 Å². The molecule has 0 unspecified atom stereocenters. The number of para-hydroxylation sites is 1. The Hall–Kier alpha value is -3.79. The number of carboxylic acids is 1. The maximum atomic E-state index is 12.7. The van der Waals surface area contributed by atoms with Crippen LogP contribution in [0.15, 0.2) is 88.2 Å². The van der Waals surface area contributed by atoms with Gasteiger partial charge in [0.15, 0.2) is 5.75 Å². The van der Waals surface area contributed by atoms with Crippen LogP contribution in [0.3, 0.4) is 0 Å². The lowest BCUT2D eigenvalue weighted by Gasteiger charge is -2.11. The van der Waals surface area contributed by atoms with Crippen molar-refractivity contribution in [3.8, 4) is 5.75 Å². The van der Waals surface area contributed by atoms with Crippen molar-refractivity contribution in [2.75, 3.05) is 4.72 Å². The van der Waals surface area contributed by atoms with E-state index >= 15 is 0 Å². The average Bonchev–Trinajstić information content (AvgIpc) is 2.69. The fraction of sp³-hybridized carbons (Fsp3) is 0. The van der Waals surface area contributed by atoms with Gasteiger partial charge < -0.3 is 9.94 Å². The van der Waals surface area contributed by atoms with Crippen molar-refractivity contribution in [1.82, 2.24) is 4.98 Å². The van der Waals surface area contributed by atoms with Crippen LogP contribution in [0.2, 0.25) is 0 Å². The minimum Gasteiger partial charge on any atom is -0.478 e. The van der Waals surface area contributed by atoms with Gasteiger partial charge in [-0.1, -0.05) is 30.3 Å². The van der Waals surface area contributed by atoms with Gasteiger partial charge in [-0.2, -0.15) is 0 Å². The van der Waals surface area contributed by atoms with Gasteiger partial charge in [0.2, 0.25) is 0 Å². The third-order valence-corrected chi connectivity index (χ3v) is 4.83. The molecular weight excluding hydrogens is 384 g/mol. The molecule has 2 aromatic carbocycles. The molecule has 0 saturated carbocycles. The minimum absolute atomic E-state index is 0.0695. The number of carbonyl (C=O) groups is 1. The van der Waals surface area contributed by atoms with E-state index in [1.54, 1.807) is 42.5 Å². The molecule has 0 atom stereocenters. The highest BCUT2D eigenvalue weighted by atomic mass is 32.2. The first-order valence-corrected chi connectivity index (χ1v) is 9.39. The molecule has 2 N–H and O–H groups in total. The Morgan fingerprint density at radius 2 is 1.75 bits per heavy atom. The van der Waals surface area contributed by atoms with E-state index < -0.39 is 26.6 Å². The molecule has 28 heavy (non-hydrogen) atoms. The first-order valence-electron chi connectivity index (χ1n) is 7.90. The lowest BCUT2D eigenvalue weighted by Crippen LogP contribution is -2.16. The number of hydrogen-bond donors (Lipinski definition) is 2. The molecule has 0 bridgehead atoms. The van der Waals surface area contributed by atoms with Gasteiger partial charge in [0, 0.05) is 11.5 Å². The highest BCUT2D eigenvalue weighted by Crippen LogP contribution is 2.30. The standard InChI is InChI=1S/C18H14N4O5S/c23-18(24)14-9-6-10-15(28(25,26)21-16-11-4-5-12-19-16)17(14)27-22-20-13-7-2-1-3-8-13/h1-12H,(H,19,21)(H,23,24). The van der Waals surface area contributed by atoms with E-state index in [-0.39, 0.29) is 11.4 Å². The number of hydrogen-bond acceptors (Lipinski definition) is 7. The van der Waals surface area contributed by atoms with Crippen LogP contribution >= 0.6 is 0 Å². The van der Waals surface area contributed by atoms with Crippen molar-refractivity contribution in [3.05, 3.63) is 78.5 Å². The van der Waals surface area contributed by atoms with Crippen LogP contribution in [-0.4, -0.2) is 24.5 Å². The number of benzene rings is 2. The number of sulfonamides is 1. The quantitative estimate of drug-likeness (QED) is 0.461. The van der Waals surface area contributed by atoms with Gasteiger partial charge in [-0.25, -0.2) is 18.2 Å². The molecule has 1 aromatic heterocycles. The summed E-state index contributed by atoms with van der Waals surface area (Å²) >= 11 is 0. The number of nitrogens with zero attached hydrogens (tertiary/aromatic N) is 3. The van der Waals surface area contributed by atoms with E-state index in [9.17, 15) is 18.3 Å². The summed E-state index contributed by atoms with van der Waals surface area (Å²) in [5, 5.41) is 16.7. The van der Waals surface area contributed by atoms with E-state index in [2.05, 4.69) is 20.1 Å². The van der Waals surface area contributed by atoms with Gasteiger partial charge in [-0.15, -0.1) is 5.11 Å². The summed E-state index contributed by atoms with van der Waals surface area (Å²) in [4.78, 5) is 20.1. The Morgan fingerprint density at radius 1 is 1.00 bits per heavy atom. The molecule has 1 heterocycles. The number of rotatable bonds is 7. The molecule has 0 radical (unpaired) electrons. The molecule has 10 heteroatoms. The van der Waals surface area contributed by atoms with Crippen LogP contribution in [0.5, 0.6) is 5.75 Å². The van der Waals surface area contributed by atoms with Crippen molar-refractivity contribution in [2.45, 2.75) is 4.90 Å². The number of pyridine rings is 1. The van der Waals surface area contributed by atoms with Gasteiger partial charge >= 0.3 is 5.97 Å². The topological polar surface area (TPSA) is 130 Å². The number of nitrogens with one attached hydrogen (secondary N) is 1. The van der Waals surface area contributed by atoms with Gasteiger partial charge in [0.25, 0.3) is 10.0 Å². The average molecular weight is 398 g/mol. The lowest BCUT2D eigenvalue weighted by atomic mass is 10.2. The summed E-state index contributed by atoms with van der Waals surface area (Å²) in [6, 6.07) is 16.9. The molecule has 0 aliphatic carbocycles. The summed E-state index contributed by atoms with van der Waals surface area (Å²) in [6.45, 7) is 0. The summed E-state index contributed by atoms with van der Waals surface area (Å²) < 4.78 is 27.7. The maximum Gasteiger partial charge on any atom is 0.339 e. The van der Waals surface area contributed by atoms with Crippen molar-refractivity contribution >= 4 is 27.5 Å². The molecule has 0 spiro atoms. The molecular formula is C18H14N4O5S. The van der Waals surface area contributed by atoms with E-state index in [0.717, 1.165) is 0 Å². The van der Waals surface area contributed by atoms with Gasteiger partial charge in [-0.05, 0) is 36.4 Å². The van der Waals surface area contributed by atoms with Gasteiger partial charge in [-0.3, -0.25) is 4.72 Å². The molecule has 0 fully saturated rings. The number of anilines is 1. The maximum absolute atomic E-state index is 12.7. The fourth-order valence-electron chi connectivity index (χ4n) is 2.21. The minimum atomic E-state index is -4.20. The molecule has 3 rings (SSSR count). The zero-order valence-corrected chi connectivity index (χ0v) is 15.1. The summed E-state index contributed by atoms with van der Waals surface area (Å²) in [5.74, 6) is -1.77. The largest absolute Gasteiger partial charge is 0.478 e. The first kappa shape index (κ1) is 19.0. The van der Waals surface area contributed by atoms with E-state index in [4.69, 9.17) is 4.84 Å². The Bertz CT molecular complexity index is 1100. The normalized spacial score (nSPS) is 11.3. The number of aromatic carboxylic acids is 1. The Morgan fingerprint density at radius 3 is 2.43 bits per heavy atom. The van der Waals surface area contributed by atoms with E-state index in [1.807, 2.05) is 0 Å². The van der Waals surface area contributed by atoms with Crippen molar-refractivity contribution < 1.29 is 23.2 Å². The van der Waals surface area contributed by atoms with Crippen molar-refractivity contribution in [3.63, 3.8) is 0 Å². The predicted octanol–water partition coefficient (Wildman–Crippen LogP) is 3.66. The van der Waals surface area contributed by atoms with Crippen LogP contribution in [-0.2, 0) is 10.0 Å². The first-order chi connectivity index (χ1) is 13.5. The second kappa shape index (κ2) is 8.27. The van der Waals surface area contributed by atoms with E-state index in [0.29, 0.717) is 5.69 Å². The Kier molecular flexibility index (Phi) is 5.61. The predicted molar refractivity (Wildman–Crippen MR) is 100 cm³/mol. The highest BCUT2D eigenvalue weighted by molar-refractivity contribution is 7.92. The second-order valence-electron chi connectivity index (χ2n) is 5.37. The molecule has 0 amide bonds. The summed E-state index contributed by atoms with van der Waals surface area (Å²) in [7, 11) is -4.20. The molecule has 3 aromatic rings. The van der Waals surface area contributed by atoms with Crippen LogP contribution in [0, 0.1) is 0 Å². The van der Waals surface area contributed by atoms with Crippen molar-refractivity contribution in [2.24, 2.45) is 10.4 Å². The van der Waals surface area contributed by atoms with Crippen LogP contribution < -0.4 is 9.56 Å². The fourth-order valence-corrected chi connectivity index (χ4v) is 3.36. The summed E-state index contributed by atoms with van der Waals surface area (Å²) in [6.07, 6.45) is 1.41. The number of carboxylic acid groups (broad SMARTS) is 1. The van der Waals surface area contributed by atoms with Crippen molar-refractivity contribution in [1.29, 1.82) is 0 Å². The second-order valence-corrected chi connectivity index (χ2v) is 7.02. The molecule has 9 nitrogen and oxygen atoms in total. The lowest BCUT2D eigenvalue weighted by molar-refractivity contribution is 0.0691. The zero-order chi connectivity index (χ0) is 20.0. The third-order valence-electron chi connectivity index (χ3n) is 3.45. The molecule has 0 saturated heterocycles. The summed E-state index contributed by atoms with van der Waals surface area (Å²) in [5.41, 5.74) is 0.0715. The van der Waals surface area contributed by atoms with E-state index in [1.165, 1.54) is 30.5 Å². The molecule has 0 aliphatic heterocycles. The Balaban J connectivity index is 1.98. The van der Waals surface area contributed by atoms with Crippen LogP contribution in [0.25, 0.3) is 0 Å². The zero-order valence-electron chi connectivity index (χ0n) is 14.3. The monoisotopic (exact) mass is 398 g/mol. The highest BCUT2D eigenvalue weighted by Gasteiger charge is 2.26. The molecule has 0 aliphatic rings. The number of aromatic nitrogens is 1. The SMILES string of the molecule is O=C(O)c1cccc(S(=O)(=O)Nc2ccccn2)c1ON=Nc1ccccc1. The molecule has 142 valence electrons.